The van der Waals surface area contributed by atoms with Gasteiger partial charge < -0.3 is 29.4 Å². The van der Waals surface area contributed by atoms with Crippen LogP contribution in [0.15, 0.2) is 53.1 Å². The summed E-state index contributed by atoms with van der Waals surface area (Å²) in [6, 6.07) is 12.5. The topological polar surface area (TPSA) is 122 Å². The van der Waals surface area contributed by atoms with E-state index in [1.807, 2.05) is 35.2 Å². The van der Waals surface area contributed by atoms with E-state index < -0.39 is 6.04 Å². The van der Waals surface area contributed by atoms with Crippen molar-refractivity contribution in [1.29, 1.82) is 0 Å². The van der Waals surface area contributed by atoms with Crippen LogP contribution < -0.4 is 15.1 Å². The van der Waals surface area contributed by atoms with Crippen LogP contribution >= 0.6 is 0 Å². The van der Waals surface area contributed by atoms with Crippen molar-refractivity contribution in [2.24, 2.45) is 0 Å². The standard InChI is InChI=1S/C25H27N7O4/c33-16-23-27-17-4-1-2-5-18(17)32(23)25-28-21(30-9-12-35-13-10-30)14-22(29-25)31-8-7-26-15-19(31)24(34)20-6-3-11-36-20/h1-6,11,14,19,26,33H,7-10,12-13,15-16H2. The Bertz CT molecular complexity index is 1360. The van der Waals surface area contributed by atoms with Crippen molar-refractivity contribution in [1.82, 2.24) is 24.8 Å². The van der Waals surface area contributed by atoms with Crippen molar-refractivity contribution in [3.05, 3.63) is 60.3 Å². The average molecular weight is 490 g/mol. The smallest absolute Gasteiger partial charge is 0.239 e. The van der Waals surface area contributed by atoms with Crippen LogP contribution in [0.25, 0.3) is 17.0 Å². The fourth-order valence-electron chi connectivity index (χ4n) is 4.81. The number of aromatic nitrogens is 4. The number of ketones is 1. The van der Waals surface area contributed by atoms with Crippen molar-refractivity contribution >= 4 is 28.5 Å². The number of ether oxygens (including phenoxy) is 1. The number of para-hydroxylation sites is 2. The van der Waals surface area contributed by atoms with Crippen LogP contribution in [0.3, 0.4) is 0 Å². The lowest BCUT2D eigenvalue weighted by Gasteiger charge is -2.36. The van der Waals surface area contributed by atoms with Crippen LogP contribution in [-0.4, -0.2) is 82.4 Å². The summed E-state index contributed by atoms with van der Waals surface area (Å²) in [6.07, 6.45) is 1.51. The molecule has 1 unspecified atom stereocenters. The largest absolute Gasteiger partial charge is 0.461 e. The van der Waals surface area contributed by atoms with Crippen LogP contribution in [0.1, 0.15) is 16.4 Å². The lowest BCUT2D eigenvalue weighted by Crippen LogP contribution is -2.55. The van der Waals surface area contributed by atoms with Crippen LogP contribution in [-0.2, 0) is 11.3 Å². The van der Waals surface area contributed by atoms with E-state index in [9.17, 15) is 9.90 Å². The number of carbonyl (C=O) groups is 1. The maximum atomic E-state index is 13.3. The molecule has 1 aromatic carbocycles. The number of benzene rings is 1. The molecule has 11 heteroatoms. The van der Waals surface area contributed by atoms with Crippen molar-refractivity contribution in [3.8, 4) is 5.95 Å². The molecular formula is C25H27N7O4. The van der Waals surface area contributed by atoms with Gasteiger partial charge in [0.1, 0.15) is 30.1 Å². The third-order valence-corrected chi connectivity index (χ3v) is 6.60. The van der Waals surface area contributed by atoms with Crippen LogP contribution in [0.2, 0.25) is 0 Å². The Kier molecular flexibility index (Phi) is 6.09. The van der Waals surface area contributed by atoms with Gasteiger partial charge in [0.15, 0.2) is 5.76 Å². The molecule has 5 heterocycles. The molecule has 0 bridgehead atoms. The van der Waals surface area contributed by atoms with Gasteiger partial charge in [0.05, 0.1) is 30.5 Å². The Morgan fingerprint density at radius 3 is 2.69 bits per heavy atom. The van der Waals surface area contributed by atoms with Gasteiger partial charge in [-0.05, 0) is 24.3 Å². The zero-order valence-corrected chi connectivity index (χ0v) is 19.7. The summed E-state index contributed by atoms with van der Waals surface area (Å²) in [4.78, 5) is 31.9. The molecule has 2 fully saturated rings. The van der Waals surface area contributed by atoms with Gasteiger partial charge in [0.25, 0.3) is 0 Å². The van der Waals surface area contributed by atoms with E-state index in [4.69, 9.17) is 19.1 Å². The van der Waals surface area contributed by atoms with Crippen molar-refractivity contribution in [3.63, 3.8) is 0 Å². The Morgan fingerprint density at radius 2 is 1.89 bits per heavy atom. The molecular weight excluding hydrogens is 462 g/mol. The van der Waals surface area contributed by atoms with Gasteiger partial charge in [0.2, 0.25) is 11.7 Å². The number of nitrogens with zero attached hydrogens (tertiary/aromatic N) is 6. The molecule has 0 spiro atoms. The summed E-state index contributed by atoms with van der Waals surface area (Å²) in [6.45, 7) is 4.13. The SMILES string of the molecule is O=C(c1ccco1)C1CNCCN1c1cc(N2CCOCC2)nc(-n2c(CO)nc3ccccc32)n1. The van der Waals surface area contributed by atoms with Crippen molar-refractivity contribution in [2.45, 2.75) is 12.6 Å². The number of aliphatic hydroxyl groups is 1. The average Bonchev–Trinajstić information content (AvgIpc) is 3.61. The highest BCUT2D eigenvalue weighted by molar-refractivity contribution is 6.00. The number of imidazole rings is 1. The second-order valence-corrected chi connectivity index (χ2v) is 8.75. The number of fused-ring (bicyclic) bond motifs is 1. The molecule has 6 rings (SSSR count). The van der Waals surface area contributed by atoms with Crippen LogP contribution in [0.4, 0.5) is 11.6 Å². The molecule has 0 aliphatic carbocycles. The molecule has 2 aliphatic rings. The minimum Gasteiger partial charge on any atom is -0.461 e. The molecule has 2 aliphatic heterocycles. The number of carbonyl (C=O) groups excluding carboxylic acids is 1. The number of furan rings is 1. The number of Topliss-reactive ketones (excluding diaryl/α,β-unsaturated/α-hetero) is 1. The number of morpholine rings is 1. The number of hydrogen-bond donors (Lipinski definition) is 2. The molecule has 0 amide bonds. The van der Waals surface area contributed by atoms with E-state index in [1.165, 1.54) is 6.26 Å². The fourth-order valence-corrected chi connectivity index (χ4v) is 4.81. The molecule has 186 valence electrons. The quantitative estimate of drug-likeness (QED) is 0.384. The first-order valence-corrected chi connectivity index (χ1v) is 12.1. The summed E-state index contributed by atoms with van der Waals surface area (Å²) in [5.41, 5.74) is 1.55. The Balaban J connectivity index is 1.49. The molecule has 3 aromatic heterocycles. The first-order valence-electron chi connectivity index (χ1n) is 12.1. The lowest BCUT2D eigenvalue weighted by molar-refractivity contribution is 0.0923. The maximum Gasteiger partial charge on any atom is 0.239 e. The maximum absolute atomic E-state index is 13.3. The van der Waals surface area contributed by atoms with E-state index in [2.05, 4.69) is 15.2 Å². The summed E-state index contributed by atoms with van der Waals surface area (Å²) in [5.74, 6) is 2.43. The second kappa shape index (κ2) is 9.69. The second-order valence-electron chi connectivity index (χ2n) is 8.75. The highest BCUT2D eigenvalue weighted by Crippen LogP contribution is 2.28. The third kappa shape index (κ3) is 4.11. The summed E-state index contributed by atoms with van der Waals surface area (Å²) >= 11 is 0. The summed E-state index contributed by atoms with van der Waals surface area (Å²) in [5, 5.41) is 13.4. The van der Waals surface area contributed by atoms with E-state index in [0.29, 0.717) is 69.3 Å². The number of aliphatic hydroxyl groups excluding tert-OH is 1. The normalized spacial score (nSPS) is 18.6. The molecule has 4 aromatic rings. The van der Waals surface area contributed by atoms with Gasteiger partial charge in [-0.3, -0.25) is 9.36 Å². The van der Waals surface area contributed by atoms with Gasteiger partial charge in [-0.15, -0.1) is 0 Å². The number of rotatable bonds is 6. The number of nitrogens with one attached hydrogen (secondary N) is 1. The third-order valence-electron chi connectivity index (χ3n) is 6.60. The first-order chi connectivity index (χ1) is 17.7. The Hall–Kier alpha value is -3.80. The van der Waals surface area contributed by atoms with Gasteiger partial charge in [-0.2, -0.15) is 9.97 Å². The highest BCUT2D eigenvalue weighted by Gasteiger charge is 2.33. The molecule has 0 saturated carbocycles. The minimum atomic E-state index is -0.484. The highest BCUT2D eigenvalue weighted by atomic mass is 16.5. The molecule has 1 atom stereocenters. The Morgan fingerprint density at radius 1 is 1.06 bits per heavy atom. The number of anilines is 2. The minimum absolute atomic E-state index is 0.107. The molecule has 36 heavy (non-hydrogen) atoms. The van der Waals surface area contributed by atoms with Crippen molar-refractivity contribution < 1.29 is 19.1 Å². The van der Waals surface area contributed by atoms with Gasteiger partial charge >= 0.3 is 0 Å². The van der Waals surface area contributed by atoms with E-state index in [-0.39, 0.29) is 12.4 Å². The van der Waals surface area contributed by atoms with E-state index >= 15 is 0 Å². The molecule has 2 N–H and O–H groups in total. The van der Waals surface area contributed by atoms with E-state index in [0.717, 1.165) is 16.9 Å². The van der Waals surface area contributed by atoms with Crippen LogP contribution in [0.5, 0.6) is 0 Å². The molecule has 2 saturated heterocycles. The summed E-state index contributed by atoms with van der Waals surface area (Å²) in [7, 11) is 0. The first kappa shape index (κ1) is 22.7. The van der Waals surface area contributed by atoms with Gasteiger partial charge in [-0.1, -0.05) is 12.1 Å². The van der Waals surface area contributed by atoms with Crippen LogP contribution in [0, 0.1) is 0 Å². The monoisotopic (exact) mass is 489 g/mol. The predicted molar refractivity (Wildman–Crippen MR) is 133 cm³/mol. The van der Waals surface area contributed by atoms with E-state index in [1.54, 1.807) is 16.7 Å². The molecule has 0 radical (unpaired) electrons. The zero-order valence-electron chi connectivity index (χ0n) is 19.7. The number of piperazine rings is 1. The lowest BCUT2D eigenvalue weighted by atomic mass is 10.1. The number of hydrogen-bond acceptors (Lipinski definition) is 10. The Labute approximate surface area is 207 Å². The predicted octanol–water partition coefficient (Wildman–Crippen LogP) is 1.40. The fraction of sp³-hybridized carbons (Fsp3) is 0.360. The van der Waals surface area contributed by atoms with Gasteiger partial charge in [-0.25, -0.2) is 4.98 Å². The molecule has 11 nitrogen and oxygen atoms in total. The van der Waals surface area contributed by atoms with Crippen molar-refractivity contribution in [2.75, 3.05) is 55.7 Å². The van der Waals surface area contributed by atoms with Gasteiger partial charge in [0, 0.05) is 38.8 Å². The summed E-state index contributed by atoms with van der Waals surface area (Å²) < 4.78 is 12.7. The zero-order chi connectivity index (χ0) is 24.5.